The molecule has 0 aliphatic heterocycles. The molecule has 0 spiro atoms. The standard InChI is InChI=1S/C34H30BN/c1-34(2)32-12-8-7-11-30(32)31-22-21-29(23-33(31)34)36(28-19-15-26(35-3)16-20-28)27-17-13-25(14-18-27)24-9-5-4-6-10-24/h4-23,35H,1-3H3. The van der Waals surface area contributed by atoms with Gasteiger partial charge in [-0.3, -0.25) is 0 Å². The fourth-order valence-electron chi connectivity index (χ4n) is 5.59. The van der Waals surface area contributed by atoms with E-state index in [1.807, 2.05) is 0 Å². The normalized spacial score (nSPS) is 13.1. The second-order valence-corrected chi connectivity index (χ2v) is 10.2. The Morgan fingerprint density at radius 2 is 1.08 bits per heavy atom. The van der Waals surface area contributed by atoms with Crippen molar-refractivity contribution in [1.82, 2.24) is 0 Å². The first kappa shape index (κ1) is 22.4. The van der Waals surface area contributed by atoms with Gasteiger partial charge in [0, 0.05) is 22.5 Å². The average Bonchev–Trinajstić information content (AvgIpc) is 3.16. The summed E-state index contributed by atoms with van der Waals surface area (Å²) >= 11 is 0. The molecule has 0 radical (unpaired) electrons. The third-order valence-corrected chi connectivity index (χ3v) is 7.66. The molecule has 174 valence electrons. The summed E-state index contributed by atoms with van der Waals surface area (Å²) < 4.78 is 0. The lowest BCUT2D eigenvalue weighted by Crippen LogP contribution is -2.17. The molecule has 5 aromatic rings. The van der Waals surface area contributed by atoms with Crippen LogP contribution in [0.4, 0.5) is 17.1 Å². The van der Waals surface area contributed by atoms with Crippen molar-refractivity contribution in [3.8, 4) is 22.3 Å². The van der Waals surface area contributed by atoms with E-state index in [2.05, 4.69) is 147 Å². The van der Waals surface area contributed by atoms with Crippen LogP contribution < -0.4 is 10.4 Å². The molecular formula is C34H30BN. The lowest BCUT2D eigenvalue weighted by Gasteiger charge is -2.28. The molecule has 0 aromatic heterocycles. The van der Waals surface area contributed by atoms with Gasteiger partial charge in [-0.05, 0) is 69.8 Å². The van der Waals surface area contributed by atoms with Gasteiger partial charge in [0.15, 0.2) is 7.28 Å². The zero-order valence-electron chi connectivity index (χ0n) is 21.2. The highest BCUT2D eigenvalue weighted by Gasteiger charge is 2.35. The fraction of sp³-hybridized carbons (Fsp3) is 0.118. The van der Waals surface area contributed by atoms with Crippen LogP contribution in [0.1, 0.15) is 25.0 Å². The molecule has 1 aliphatic rings. The van der Waals surface area contributed by atoms with E-state index in [-0.39, 0.29) is 5.41 Å². The smallest absolute Gasteiger partial charge is 0.154 e. The Hall–Kier alpha value is -4.04. The van der Waals surface area contributed by atoms with Gasteiger partial charge in [0.2, 0.25) is 0 Å². The van der Waals surface area contributed by atoms with Crippen LogP contribution in [-0.4, -0.2) is 7.28 Å². The summed E-state index contributed by atoms with van der Waals surface area (Å²) in [6.45, 7) is 6.89. The molecule has 0 fully saturated rings. The largest absolute Gasteiger partial charge is 0.310 e. The molecule has 36 heavy (non-hydrogen) atoms. The lowest BCUT2D eigenvalue weighted by molar-refractivity contribution is 0.660. The van der Waals surface area contributed by atoms with Crippen LogP contribution in [0.15, 0.2) is 121 Å². The summed E-state index contributed by atoms with van der Waals surface area (Å²) in [7, 11) is 1.04. The van der Waals surface area contributed by atoms with Crippen molar-refractivity contribution in [2.45, 2.75) is 26.1 Å². The summed E-state index contributed by atoms with van der Waals surface area (Å²) in [5.74, 6) is 0. The van der Waals surface area contributed by atoms with Crippen LogP contribution in [-0.2, 0) is 5.41 Å². The topological polar surface area (TPSA) is 3.24 Å². The van der Waals surface area contributed by atoms with Gasteiger partial charge in [0.1, 0.15) is 0 Å². The first-order chi connectivity index (χ1) is 17.6. The van der Waals surface area contributed by atoms with Crippen LogP contribution in [0.2, 0.25) is 6.82 Å². The summed E-state index contributed by atoms with van der Waals surface area (Å²) in [6.07, 6.45) is 0. The molecule has 5 aromatic carbocycles. The molecule has 0 saturated carbocycles. The second-order valence-electron chi connectivity index (χ2n) is 10.2. The van der Waals surface area contributed by atoms with Crippen molar-refractivity contribution >= 4 is 29.8 Å². The maximum Gasteiger partial charge on any atom is 0.154 e. The molecule has 6 rings (SSSR count). The lowest BCUT2D eigenvalue weighted by atomic mass is 9.73. The van der Waals surface area contributed by atoms with E-state index in [1.54, 1.807) is 0 Å². The van der Waals surface area contributed by atoms with E-state index in [1.165, 1.54) is 50.2 Å². The number of benzene rings is 5. The number of nitrogens with zero attached hydrogens (tertiary/aromatic N) is 1. The number of hydrogen-bond acceptors (Lipinski definition) is 1. The van der Waals surface area contributed by atoms with Crippen LogP contribution in [0.3, 0.4) is 0 Å². The van der Waals surface area contributed by atoms with Crippen molar-refractivity contribution in [3.05, 3.63) is 132 Å². The summed E-state index contributed by atoms with van der Waals surface area (Å²) in [5, 5.41) is 0. The Kier molecular flexibility index (Phi) is 5.53. The molecule has 0 bridgehead atoms. The molecule has 0 unspecified atom stereocenters. The second kappa shape index (κ2) is 8.88. The average molecular weight is 463 g/mol. The van der Waals surface area contributed by atoms with Crippen LogP contribution in [0.25, 0.3) is 22.3 Å². The highest BCUT2D eigenvalue weighted by Crippen LogP contribution is 2.50. The Labute approximate surface area is 215 Å². The molecule has 0 saturated heterocycles. The minimum absolute atomic E-state index is 0.0309. The Bertz CT molecular complexity index is 1520. The highest BCUT2D eigenvalue weighted by molar-refractivity contribution is 6.51. The van der Waals surface area contributed by atoms with Crippen LogP contribution >= 0.6 is 0 Å². The number of hydrogen-bond donors (Lipinski definition) is 0. The molecule has 0 atom stereocenters. The monoisotopic (exact) mass is 463 g/mol. The Balaban J connectivity index is 1.47. The molecular weight excluding hydrogens is 433 g/mol. The minimum atomic E-state index is -0.0309. The van der Waals surface area contributed by atoms with Gasteiger partial charge >= 0.3 is 0 Å². The molecule has 2 heteroatoms. The van der Waals surface area contributed by atoms with Gasteiger partial charge < -0.3 is 4.90 Å². The third-order valence-electron chi connectivity index (χ3n) is 7.66. The number of anilines is 3. The third kappa shape index (κ3) is 3.74. The SMILES string of the molecule is CBc1ccc(N(c2ccc(-c3ccccc3)cc2)c2ccc3c(c2)C(C)(C)c2ccccc2-3)cc1. The van der Waals surface area contributed by atoms with Gasteiger partial charge in [0.05, 0.1) is 0 Å². The van der Waals surface area contributed by atoms with Crippen LogP contribution in [0, 0.1) is 0 Å². The van der Waals surface area contributed by atoms with Gasteiger partial charge in [-0.1, -0.05) is 111 Å². The van der Waals surface area contributed by atoms with Crippen LogP contribution in [0.5, 0.6) is 0 Å². The van der Waals surface area contributed by atoms with E-state index < -0.39 is 0 Å². The first-order valence-electron chi connectivity index (χ1n) is 12.9. The fourth-order valence-corrected chi connectivity index (χ4v) is 5.59. The van der Waals surface area contributed by atoms with Gasteiger partial charge in [0.25, 0.3) is 0 Å². The predicted octanol–water partition coefficient (Wildman–Crippen LogP) is 8.24. The van der Waals surface area contributed by atoms with E-state index in [9.17, 15) is 0 Å². The molecule has 1 aliphatic carbocycles. The van der Waals surface area contributed by atoms with E-state index in [4.69, 9.17) is 0 Å². The Morgan fingerprint density at radius 3 is 1.78 bits per heavy atom. The Morgan fingerprint density at radius 1 is 0.528 bits per heavy atom. The number of fused-ring (bicyclic) bond motifs is 3. The van der Waals surface area contributed by atoms with Crippen molar-refractivity contribution in [2.24, 2.45) is 0 Å². The number of rotatable bonds is 5. The predicted molar refractivity (Wildman–Crippen MR) is 157 cm³/mol. The minimum Gasteiger partial charge on any atom is -0.310 e. The zero-order chi connectivity index (χ0) is 24.7. The highest BCUT2D eigenvalue weighted by atomic mass is 15.1. The molecule has 0 amide bonds. The summed E-state index contributed by atoms with van der Waals surface area (Å²) in [4.78, 5) is 2.38. The van der Waals surface area contributed by atoms with E-state index >= 15 is 0 Å². The van der Waals surface area contributed by atoms with Gasteiger partial charge in [-0.2, -0.15) is 0 Å². The molecule has 0 heterocycles. The van der Waals surface area contributed by atoms with Crippen molar-refractivity contribution in [3.63, 3.8) is 0 Å². The summed E-state index contributed by atoms with van der Waals surface area (Å²) in [6, 6.07) is 44.3. The van der Waals surface area contributed by atoms with Gasteiger partial charge in [-0.15, -0.1) is 0 Å². The van der Waals surface area contributed by atoms with Gasteiger partial charge in [-0.25, -0.2) is 0 Å². The first-order valence-corrected chi connectivity index (χ1v) is 12.9. The zero-order valence-corrected chi connectivity index (χ0v) is 21.2. The maximum absolute atomic E-state index is 2.40. The molecule has 0 N–H and O–H groups in total. The quantitative estimate of drug-likeness (QED) is 0.237. The molecule has 1 nitrogen and oxygen atoms in total. The van der Waals surface area contributed by atoms with Crippen molar-refractivity contribution in [2.75, 3.05) is 4.90 Å². The summed E-state index contributed by atoms with van der Waals surface area (Å²) in [5.41, 5.74) is 12.8. The van der Waals surface area contributed by atoms with Crippen molar-refractivity contribution in [1.29, 1.82) is 0 Å². The van der Waals surface area contributed by atoms with E-state index in [0.29, 0.717) is 0 Å². The van der Waals surface area contributed by atoms with E-state index in [0.717, 1.165) is 13.0 Å². The maximum atomic E-state index is 2.40. The van der Waals surface area contributed by atoms with Crippen molar-refractivity contribution < 1.29 is 0 Å².